The van der Waals surface area contributed by atoms with E-state index in [0.717, 1.165) is 29.8 Å². The van der Waals surface area contributed by atoms with Crippen LogP contribution in [0.3, 0.4) is 0 Å². The van der Waals surface area contributed by atoms with Crippen LogP contribution in [0.2, 0.25) is 0 Å². The summed E-state index contributed by atoms with van der Waals surface area (Å²) < 4.78 is 32.6. The Morgan fingerprint density at radius 1 is 1.07 bits per heavy atom. The van der Waals surface area contributed by atoms with E-state index >= 15 is 0 Å². The summed E-state index contributed by atoms with van der Waals surface area (Å²) >= 11 is 0. The standard InChI is InChI=1S/C21H28N4O3S/c1-22-21(23-13-7-16-28-19-9-3-2-4-10-19)24-14-17-29(26,27)25-15-12-18-8-5-6-11-20(18)25/h2-6,8-11H,7,12-17H2,1H3,(H2,22,23,24). The van der Waals surface area contributed by atoms with Crippen molar-refractivity contribution in [2.75, 3.05) is 43.3 Å². The van der Waals surface area contributed by atoms with Crippen molar-refractivity contribution in [3.05, 3.63) is 60.2 Å². The van der Waals surface area contributed by atoms with Crippen molar-refractivity contribution < 1.29 is 13.2 Å². The molecule has 1 heterocycles. The maximum absolute atomic E-state index is 12.7. The number of nitrogens with zero attached hydrogens (tertiary/aromatic N) is 2. The molecule has 2 aromatic carbocycles. The molecule has 0 aromatic heterocycles. The largest absolute Gasteiger partial charge is 0.494 e. The Labute approximate surface area is 172 Å². The zero-order valence-corrected chi connectivity index (χ0v) is 17.5. The molecule has 0 fully saturated rings. The van der Waals surface area contributed by atoms with E-state index in [1.54, 1.807) is 7.05 Å². The van der Waals surface area contributed by atoms with E-state index in [4.69, 9.17) is 4.74 Å². The van der Waals surface area contributed by atoms with Crippen LogP contribution < -0.4 is 19.7 Å². The number of hydrogen-bond acceptors (Lipinski definition) is 4. The van der Waals surface area contributed by atoms with E-state index in [-0.39, 0.29) is 5.75 Å². The van der Waals surface area contributed by atoms with Gasteiger partial charge in [0.05, 0.1) is 18.0 Å². The highest BCUT2D eigenvalue weighted by atomic mass is 32.2. The second-order valence-electron chi connectivity index (χ2n) is 6.71. The number of aliphatic imine (C=N–C) groups is 1. The number of hydrogen-bond donors (Lipinski definition) is 2. The Hall–Kier alpha value is -2.74. The molecular weight excluding hydrogens is 388 g/mol. The molecule has 0 unspecified atom stereocenters. The Morgan fingerprint density at radius 2 is 1.79 bits per heavy atom. The van der Waals surface area contributed by atoms with Crippen LogP contribution in [0.4, 0.5) is 5.69 Å². The average molecular weight is 417 g/mol. The number of para-hydroxylation sites is 2. The van der Waals surface area contributed by atoms with Gasteiger partial charge in [-0.3, -0.25) is 9.30 Å². The maximum atomic E-state index is 12.7. The summed E-state index contributed by atoms with van der Waals surface area (Å²) in [6.07, 6.45) is 1.57. The fourth-order valence-corrected chi connectivity index (χ4v) is 4.64. The summed E-state index contributed by atoms with van der Waals surface area (Å²) in [5.41, 5.74) is 1.88. The molecule has 0 bridgehead atoms. The molecule has 0 aliphatic carbocycles. The highest BCUT2D eigenvalue weighted by molar-refractivity contribution is 7.92. The zero-order valence-electron chi connectivity index (χ0n) is 16.7. The quantitative estimate of drug-likeness (QED) is 0.371. The minimum absolute atomic E-state index is 0.0130. The Kier molecular flexibility index (Phi) is 7.35. The molecule has 0 radical (unpaired) electrons. The smallest absolute Gasteiger partial charge is 0.236 e. The van der Waals surface area contributed by atoms with Gasteiger partial charge in [-0.25, -0.2) is 8.42 Å². The summed E-state index contributed by atoms with van der Waals surface area (Å²) in [5.74, 6) is 1.45. The molecule has 0 saturated heterocycles. The lowest BCUT2D eigenvalue weighted by Crippen LogP contribution is -2.42. The molecule has 1 aliphatic heterocycles. The number of anilines is 1. The SMILES string of the molecule is CN=C(NCCCOc1ccccc1)NCCS(=O)(=O)N1CCc2ccccc21. The van der Waals surface area contributed by atoms with Gasteiger partial charge in [0.2, 0.25) is 10.0 Å². The van der Waals surface area contributed by atoms with Crippen molar-refractivity contribution in [2.45, 2.75) is 12.8 Å². The fourth-order valence-electron chi connectivity index (χ4n) is 3.21. The summed E-state index contributed by atoms with van der Waals surface area (Å²) in [6.45, 7) is 2.08. The monoisotopic (exact) mass is 416 g/mol. The van der Waals surface area contributed by atoms with Gasteiger partial charge in [-0.05, 0) is 36.6 Å². The molecule has 156 valence electrons. The third kappa shape index (κ3) is 5.87. The second-order valence-corrected chi connectivity index (χ2v) is 8.72. The van der Waals surface area contributed by atoms with Gasteiger partial charge in [0.15, 0.2) is 5.96 Å². The zero-order chi connectivity index (χ0) is 20.5. The molecule has 0 saturated carbocycles. The average Bonchev–Trinajstić information content (AvgIpc) is 3.18. The van der Waals surface area contributed by atoms with Gasteiger partial charge in [0.25, 0.3) is 0 Å². The van der Waals surface area contributed by atoms with E-state index in [1.165, 1.54) is 4.31 Å². The van der Waals surface area contributed by atoms with E-state index in [0.29, 0.717) is 32.2 Å². The van der Waals surface area contributed by atoms with Crippen molar-refractivity contribution in [1.82, 2.24) is 10.6 Å². The normalized spacial score (nSPS) is 13.8. The molecular formula is C21H28N4O3S. The third-order valence-electron chi connectivity index (χ3n) is 4.68. The lowest BCUT2D eigenvalue weighted by molar-refractivity contribution is 0.311. The van der Waals surface area contributed by atoms with E-state index in [9.17, 15) is 8.42 Å². The first-order valence-electron chi connectivity index (χ1n) is 9.81. The Morgan fingerprint density at radius 3 is 2.59 bits per heavy atom. The summed E-state index contributed by atoms with van der Waals surface area (Å²) in [6, 6.07) is 17.3. The first-order chi connectivity index (χ1) is 14.1. The lowest BCUT2D eigenvalue weighted by Gasteiger charge is -2.20. The van der Waals surface area contributed by atoms with Crippen LogP contribution in [-0.2, 0) is 16.4 Å². The Bertz CT molecular complexity index is 917. The van der Waals surface area contributed by atoms with E-state index < -0.39 is 10.0 Å². The van der Waals surface area contributed by atoms with Gasteiger partial charge in [-0.2, -0.15) is 0 Å². The molecule has 29 heavy (non-hydrogen) atoms. The predicted molar refractivity (Wildman–Crippen MR) is 117 cm³/mol. The van der Waals surface area contributed by atoms with Gasteiger partial charge < -0.3 is 15.4 Å². The summed E-state index contributed by atoms with van der Waals surface area (Å²) in [5, 5.41) is 6.25. The molecule has 3 rings (SSSR count). The predicted octanol–water partition coefficient (Wildman–Crippen LogP) is 2.01. The van der Waals surface area contributed by atoms with Crippen LogP contribution >= 0.6 is 0 Å². The third-order valence-corrected chi connectivity index (χ3v) is 6.45. The highest BCUT2D eigenvalue weighted by Gasteiger charge is 2.28. The number of fused-ring (bicyclic) bond motifs is 1. The second kappa shape index (κ2) is 10.2. The van der Waals surface area contributed by atoms with Crippen molar-refractivity contribution in [1.29, 1.82) is 0 Å². The van der Waals surface area contributed by atoms with Gasteiger partial charge in [0, 0.05) is 26.7 Å². The first-order valence-corrected chi connectivity index (χ1v) is 11.4. The molecule has 0 spiro atoms. The van der Waals surface area contributed by atoms with Crippen molar-refractivity contribution in [3.63, 3.8) is 0 Å². The number of ether oxygens (including phenoxy) is 1. The van der Waals surface area contributed by atoms with Crippen molar-refractivity contribution in [3.8, 4) is 5.75 Å². The number of guanidine groups is 1. The number of sulfonamides is 1. The minimum Gasteiger partial charge on any atom is -0.494 e. The van der Waals surface area contributed by atoms with Crippen molar-refractivity contribution in [2.24, 2.45) is 4.99 Å². The molecule has 2 aromatic rings. The Balaban J connectivity index is 1.37. The number of nitrogens with one attached hydrogen (secondary N) is 2. The number of benzene rings is 2. The maximum Gasteiger partial charge on any atom is 0.236 e. The van der Waals surface area contributed by atoms with E-state index in [2.05, 4.69) is 15.6 Å². The van der Waals surface area contributed by atoms with Crippen LogP contribution in [0.1, 0.15) is 12.0 Å². The van der Waals surface area contributed by atoms with Crippen LogP contribution in [0.5, 0.6) is 5.75 Å². The van der Waals surface area contributed by atoms with Gasteiger partial charge in [0.1, 0.15) is 5.75 Å². The molecule has 8 heteroatoms. The minimum atomic E-state index is -3.37. The summed E-state index contributed by atoms with van der Waals surface area (Å²) in [4.78, 5) is 4.14. The summed E-state index contributed by atoms with van der Waals surface area (Å²) in [7, 11) is -1.70. The molecule has 0 amide bonds. The molecule has 0 atom stereocenters. The topological polar surface area (TPSA) is 83.0 Å². The van der Waals surface area contributed by atoms with Gasteiger partial charge in [-0.15, -0.1) is 0 Å². The highest BCUT2D eigenvalue weighted by Crippen LogP contribution is 2.29. The molecule has 2 N–H and O–H groups in total. The van der Waals surface area contributed by atoms with E-state index in [1.807, 2.05) is 54.6 Å². The first kappa shape index (κ1) is 21.0. The van der Waals surface area contributed by atoms with Gasteiger partial charge >= 0.3 is 0 Å². The lowest BCUT2D eigenvalue weighted by atomic mass is 10.2. The van der Waals surface area contributed by atoms with Crippen LogP contribution in [0.15, 0.2) is 59.6 Å². The van der Waals surface area contributed by atoms with Crippen molar-refractivity contribution >= 4 is 21.7 Å². The van der Waals surface area contributed by atoms with Crippen LogP contribution in [-0.4, -0.2) is 53.4 Å². The number of rotatable bonds is 9. The molecule has 1 aliphatic rings. The van der Waals surface area contributed by atoms with Gasteiger partial charge in [-0.1, -0.05) is 36.4 Å². The molecule has 7 nitrogen and oxygen atoms in total. The van der Waals surface area contributed by atoms with Crippen LogP contribution in [0.25, 0.3) is 0 Å². The fraction of sp³-hybridized carbons (Fsp3) is 0.381. The van der Waals surface area contributed by atoms with Crippen LogP contribution in [0, 0.1) is 0 Å².